The summed E-state index contributed by atoms with van der Waals surface area (Å²) in [5.74, 6) is 1.70. The minimum Gasteiger partial charge on any atom is -0.491 e. The topological polar surface area (TPSA) is 29.5 Å². The lowest BCUT2D eigenvalue weighted by molar-refractivity contribution is 0.200. The monoisotopic (exact) mass is 250 g/mol. The minimum atomic E-state index is 0.0687. The predicted molar refractivity (Wildman–Crippen MR) is 76.2 cm³/mol. The smallest absolute Gasteiger partial charge is 0.122 e. The third-order valence-electron chi connectivity index (χ3n) is 3.10. The van der Waals surface area contributed by atoms with Crippen molar-refractivity contribution in [3.63, 3.8) is 0 Å². The summed E-state index contributed by atoms with van der Waals surface area (Å²) < 4.78 is 5.52. The zero-order chi connectivity index (χ0) is 13.4. The number of hydrogen-bond acceptors (Lipinski definition) is 2. The molecule has 2 heteroatoms. The van der Waals surface area contributed by atoms with E-state index in [-0.39, 0.29) is 6.61 Å². The van der Waals surface area contributed by atoms with E-state index in [0.717, 1.165) is 24.5 Å². The SMILES string of the molecule is CCc1cc(CCCC(C)C)ccc1OCCO. The first-order valence-electron chi connectivity index (χ1n) is 7.02. The molecule has 2 nitrogen and oxygen atoms in total. The Labute approximate surface area is 111 Å². The second kappa shape index (κ2) is 8.15. The summed E-state index contributed by atoms with van der Waals surface area (Å²) in [5, 5.41) is 8.79. The van der Waals surface area contributed by atoms with Gasteiger partial charge in [-0.3, -0.25) is 0 Å². The number of benzene rings is 1. The third-order valence-corrected chi connectivity index (χ3v) is 3.10. The molecular formula is C16H26O2. The Hall–Kier alpha value is -1.02. The van der Waals surface area contributed by atoms with Crippen LogP contribution < -0.4 is 4.74 Å². The fraction of sp³-hybridized carbons (Fsp3) is 0.625. The van der Waals surface area contributed by atoms with Gasteiger partial charge in [0.1, 0.15) is 12.4 Å². The molecule has 0 radical (unpaired) electrons. The van der Waals surface area contributed by atoms with E-state index in [0.29, 0.717) is 6.61 Å². The van der Waals surface area contributed by atoms with Gasteiger partial charge in [-0.25, -0.2) is 0 Å². The first kappa shape index (κ1) is 15.0. The van der Waals surface area contributed by atoms with Crippen LogP contribution in [-0.4, -0.2) is 18.3 Å². The Morgan fingerprint density at radius 2 is 2.06 bits per heavy atom. The molecule has 0 saturated heterocycles. The van der Waals surface area contributed by atoms with Gasteiger partial charge in [-0.15, -0.1) is 0 Å². The van der Waals surface area contributed by atoms with Crippen LogP contribution in [0.5, 0.6) is 5.75 Å². The molecule has 1 aromatic rings. The van der Waals surface area contributed by atoms with Crippen molar-refractivity contribution < 1.29 is 9.84 Å². The maximum atomic E-state index is 8.79. The summed E-state index contributed by atoms with van der Waals surface area (Å²) in [6.07, 6.45) is 4.64. The second-order valence-corrected chi connectivity index (χ2v) is 5.15. The van der Waals surface area contributed by atoms with Gasteiger partial charge in [0.2, 0.25) is 0 Å². The van der Waals surface area contributed by atoms with Crippen molar-refractivity contribution in [3.05, 3.63) is 29.3 Å². The zero-order valence-corrected chi connectivity index (χ0v) is 11.9. The van der Waals surface area contributed by atoms with Crippen molar-refractivity contribution in [2.75, 3.05) is 13.2 Å². The molecule has 0 aliphatic carbocycles. The molecule has 0 bridgehead atoms. The van der Waals surface area contributed by atoms with E-state index in [1.807, 2.05) is 6.07 Å². The highest BCUT2D eigenvalue weighted by Gasteiger charge is 2.04. The number of aliphatic hydroxyl groups excluding tert-OH is 1. The lowest BCUT2D eigenvalue weighted by atomic mass is 10.00. The van der Waals surface area contributed by atoms with Crippen molar-refractivity contribution in [1.82, 2.24) is 0 Å². The average Bonchev–Trinajstić information content (AvgIpc) is 2.36. The molecular weight excluding hydrogens is 224 g/mol. The van der Waals surface area contributed by atoms with E-state index in [4.69, 9.17) is 9.84 Å². The number of ether oxygens (including phenoxy) is 1. The van der Waals surface area contributed by atoms with Crippen LogP contribution >= 0.6 is 0 Å². The Morgan fingerprint density at radius 1 is 1.28 bits per heavy atom. The van der Waals surface area contributed by atoms with Gasteiger partial charge in [0.15, 0.2) is 0 Å². The van der Waals surface area contributed by atoms with Gasteiger partial charge < -0.3 is 9.84 Å². The summed E-state index contributed by atoms with van der Waals surface area (Å²) in [6, 6.07) is 6.43. The normalized spacial score (nSPS) is 10.9. The van der Waals surface area contributed by atoms with Crippen molar-refractivity contribution in [2.24, 2.45) is 5.92 Å². The molecule has 0 fully saturated rings. The first-order chi connectivity index (χ1) is 8.67. The van der Waals surface area contributed by atoms with Gasteiger partial charge in [0, 0.05) is 0 Å². The van der Waals surface area contributed by atoms with Crippen molar-refractivity contribution >= 4 is 0 Å². The van der Waals surface area contributed by atoms with Crippen molar-refractivity contribution in [2.45, 2.75) is 46.5 Å². The number of rotatable bonds is 8. The molecule has 102 valence electrons. The summed E-state index contributed by atoms with van der Waals surface area (Å²) >= 11 is 0. The van der Waals surface area contributed by atoms with E-state index >= 15 is 0 Å². The number of hydrogen-bond donors (Lipinski definition) is 1. The fourth-order valence-electron chi connectivity index (χ4n) is 2.08. The van der Waals surface area contributed by atoms with Crippen LogP contribution in [0.15, 0.2) is 18.2 Å². The van der Waals surface area contributed by atoms with Crippen molar-refractivity contribution in [1.29, 1.82) is 0 Å². The molecule has 0 amide bonds. The van der Waals surface area contributed by atoms with E-state index in [1.165, 1.54) is 24.0 Å². The van der Waals surface area contributed by atoms with Gasteiger partial charge in [0.05, 0.1) is 6.61 Å². The highest BCUT2D eigenvalue weighted by molar-refractivity contribution is 5.37. The molecule has 0 heterocycles. The lowest BCUT2D eigenvalue weighted by Gasteiger charge is -2.12. The highest BCUT2D eigenvalue weighted by Crippen LogP contribution is 2.22. The fourth-order valence-corrected chi connectivity index (χ4v) is 2.08. The Morgan fingerprint density at radius 3 is 2.67 bits per heavy atom. The molecule has 0 aliphatic rings. The van der Waals surface area contributed by atoms with Crippen LogP contribution in [-0.2, 0) is 12.8 Å². The molecule has 1 rings (SSSR count). The number of aryl methyl sites for hydroxylation is 2. The molecule has 0 aliphatic heterocycles. The third kappa shape index (κ3) is 5.09. The first-order valence-corrected chi connectivity index (χ1v) is 7.02. The molecule has 0 unspecified atom stereocenters. The van der Waals surface area contributed by atoms with Crippen LogP contribution in [0.25, 0.3) is 0 Å². The zero-order valence-electron chi connectivity index (χ0n) is 11.9. The van der Waals surface area contributed by atoms with E-state index in [2.05, 4.69) is 32.9 Å². The van der Waals surface area contributed by atoms with Crippen molar-refractivity contribution in [3.8, 4) is 5.75 Å². The highest BCUT2D eigenvalue weighted by atomic mass is 16.5. The summed E-state index contributed by atoms with van der Waals surface area (Å²) in [4.78, 5) is 0. The van der Waals surface area contributed by atoms with Crippen LogP contribution in [0.1, 0.15) is 44.7 Å². The molecule has 0 aromatic heterocycles. The molecule has 1 N–H and O–H groups in total. The van der Waals surface area contributed by atoms with Crippen LogP contribution in [0.4, 0.5) is 0 Å². The lowest BCUT2D eigenvalue weighted by Crippen LogP contribution is -2.04. The molecule has 18 heavy (non-hydrogen) atoms. The van der Waals surface area contributed by atoms with E-state index < -0.39 is 0 Å². The summed E-state index contributed by atoms with van der Waals surface area (Å²) in [5.41, 5.74) is 2.63. The van der Waals surface area contributed by atoms with Gasteiger partial charge in [-0.2, -0.15) is 0 Å². The van der Waals surface area contributed by atoms with Gasteiger partial charge in [0.25, 0.3) is 0 Å². The Bertz CT molecular complexity index is 345. The average molecular weight is 250 g/mol. The largest absolute Gasteiger partial charge is 0.491 e. The molecule has 0 atom stereocenters. The molecule has 0 saturated carbocycles. The second-order valence-electron chi connectivity index (χ2n) is 5.15. The predicted octanol–water partition coefficient (Wildman–Crippen LogP) is 3.60. The summed E-state index contributed by atoms with van der Waals surface area (Å²) in [6.45, 7) is 7.12. The van der Waals surface area contributed by atoms with E-state index in [9.17, 15) is 0 Å². The van der Waals surface area contributed by atoms with Gasteiger partial charge in [-0.1, -0.05) is 39.3 Å². The molecule has 0 spiro atoms. The maximum Gasteiger partial charge on any atom is 0.122 e. The summed E-state index contributed by atoms with van der Waals surface area (Å²) in [7, 11) is 0. The van der Waals surface area contributed by atoms with Crippen LogP contribution in [0.3, 0.4) is 0 Å². The van der Waals surface area contributed by atoms with E-state index in [1.54, 1.807) is 0 Å². The quantitative estimate of drug-likeness (QED) is 0.764. The number of aliphatic hydroxyl groups is 1. The Kier molecular flexibility index (Phi) is 6.81. The Balaban J connectivity index is 2.60. The van der Waals surface area contributed by atoms with Crippen LogP contribution in [0, 0.1) is 5.92 Å². The maximum absolute atomic E-state index is 8.79. The van der Waals surface area contributed by atoms with Gasteiger partial charge in [-0.05, 0) is 42.4 Å². The van der Waals surface area contributed by atoms with Crippen LogP contribution in [0.2, 0.25) is 0 Å². The van der Waals surface area contributed by atoms with Gasteiger partial charge >= 0.3 is 0 Å². The molecule has 1 aromatic carbocycles. The standard InChI is InChI=1S/C16H26O2/c1-4-15-12-14(7-5-6-13(2)3)8-9-16(15)18-11-10-17/h8-9,12-13,17H,4-7,10-11H2,1-3H3. The minimum absolute atomic E-state index is 0.0687.